The van der Waals surface area contributed by atoms with Gasteiger partial charge in [0.2, 0.25) is 4.80 Å². The molecular weight excluding hydrogens is 361 g/mol. The van der Waals surface area contributed by atoms with Gasteiger partial charge in [-0.05, 0) is 43.9 Å². The maximum Gasteiger partial charge on any atom is 0.206 e. The minimum Gasteiger partial charge on any atom is -0.253 e. The fourth-order valence-corrected chi connectivity index (χ4v) is 3.95. The Balaban J connectivity index is 2.14. The molecule has 1 aliphatic carbocycles. The Labute approximate surface area is 156 Å². The van der Waals surface area contributed by atoms with E-state index < -0.39 is 0 Å². The first kappa shape index (κ1) is 17.5. The van der Waals surface area contributed by atoms with Crippen LogP contribution in [0.15, 0.2) is 46.3 Å². The van der Waals surface area contributed by atoms with Crippen molar-refractivity contribution in [1.82, 2.24) is 4.68 Å². The Hall–Kier alpha value is -1.36. The van der Waals surface area contributed by atoms with Crippen molar-refractivity contribution in [1.29, 1.82) is 0 Å². The normalized spacial score (nSPS) is 15.6. The molecule has 0 saturated heterocycles. The van der Waals surface area contributed by atoms with Crippen LogP contribution in [0, 0.1) is 0 Å². The number of hydrogen-bond donors (Lipinski definition) is 0. The molecule has 1 aromatic carbocycles. The molecule has 0 spiro atoms. The van der Waals surface area contributed by atoms with Crippen LogP contribution in [0.2, 0.25) is 10.0 Å². The highest BCUT2D eigenvalue weighted by Crippen LogP contribution is 2.31. The molecule has 0 unspecified atom stereocenters. The number of thiazole rings is 1. The molecule has 126 valence electrons. The highest BCUT2D eigenvalue weighted by atomic mass is 35.5. The molecule has 0 N–H and O–H groups in total. The second kappa shape index (κ2) is 8.15. The lowest BCUT2D eigenvalue weighted by Gasteiger charge is -2.13. The first-order valence-corrected chi connectivity index (χ1v) is 9.66. The number of halogens is 2. The molecule has 3 nitrogen and oxygen atoms in total. The molecule has 0 bridgehead atoms. The summed E-state index contributed by atoms with van der Waals surface area (Å²) in [4.78, 5) is 5.42. The van der Waals surface area contributed by atoms with Crippen LogP contribution in [0.3, 0.4) is 0 Å². The van der Waals surface area contributed by atoms with E-state index in [0.29, 0.717) is 16.6 Å². The highest BCUT2D eigenvalue weighted by molar-refractivity contribution is 7.07. The summed E-state index contributed by atoms with van der Waals surface area (Å²) in [5.74, 6) is 0. The Morgan fingerprint density at radius 2 is 2.00 bits per heavy atom. The Morgan fingerprint density at radius 1 is 1.21 bits per heavy atom. The SMILES string of the molecule is C=CCN=c1scc(-c2cc(Cl)ccc2Cl)n1N=C1CCCCC1. The maximum atomic E-state index is 6.40. The van der Waals surface area contributed by atoms with Crippen LogP contribution in [-0.2, 0) is 0 Å². The molecule has 2 aromatic rings. The molecule has 3 rings (SSSR count). The summed E-state index contributed by atoms with van der Waals surface area (Å²) in [6, 6.07) is 5.48. The minimum absolute atomic E-state index is 0.564. The summed E-state index contributed by atoms with van der Waals surface area (Å²) < 4.78 is 1.91. The monoisotopic (exact) mass is 379 g/mol. The molecule has 1 heterocycles. The van der Waals surface area contributed by atoms with E-state index in [1.165, 1.54) is 25.0 Å². The number of nitrogens with zero attached hydrogens (tertiary/aromatic N) is 3. The third-order valence-corrected chi connectivity index (χ3v) is 5.34. The number of benzene rings is 1. The first-order valence-electron chi connectivity index (χ1n) is 8.03. The second-order valence-electron chi connectivity index (χ2n) is 5.70. The van der Waals surface area contributed by atoms with E-state index in [2.05, 4.69) is 11.6 Å². The number of aromatic nitrogens is 1. The van der Waals surface area contributed by atoms with Gasteiger partial charge in [0.05, 0.1) is 17.3 Å². The van der Waals surface area contributed by atoms with Crippen molar-refractivity contribution in [2.24, 2.45) is 10.1 Å². The third-order valence-electron chi connectivity index (χ3n) is 3.92. The van der Waals surface area contributed by atoms with E-state index in [4.69, 9.17) is 28.3 Å². The van der Waals surface area contributed by atoms with E-state index in [9.17, 15) is 0 Å². The van der Waals surface area contributed by atoms with Crippen molar-refractivity contribution in [3.8, 4) is 11.3 Å². The van der Waals surface area contributed by atoms with Gasteiger partial charge in [0, 0.05) is 21.7 Å². The summed E-state index contributed by atoms with van der Waals surface area (Å²) in [5, 5.41) is 8.24. The van der Waals surface area contributed by atoms with Crippen LogP contribution in [0.1, 0.15) is 32.1 Å². The van der Waals surface area contributed by atoms with Gasteiger partial charge in [-0.3, -0.25) is 4.99 Å². The molecule has 0 aliphatic heterocycles. The van der Waals surface area contributed by atoms with Gasteiger partial charge >= 0.3 is 0 Å². The van der Waals surface area contributed by atoms with Crippen molar-refractivity contribution < 1.29 is 0 Å². The summed E-state index contributed by atoms with van der Waals surface area (Å²) in [6.45, 7) is 4.30. The van der Waals surface area contributed by atoms with Crippen LogP contribution < -0.4 is 4.80 Å². The number of hydrogen-bond acceptors (Lipinski definition) is 3. The van der Waals surface area contributed by atoms with E-state index in [1.807, 2.05) is 22.2 Å². The van der Waals surface area contributed by atoms with Gasteiger partial charge in [-0.15, -0.1) is 17.9 Å². The van der Waals surface area contributed by atoms with Crippen molar-refractivity contribution >= 4 is 40.3 Å². The molecule has 1 aromatic heterocycles. The first-order chi connectivity index (χ1) is 11.7. The van der Waals surface area contributed by atoms with E-state index >= 15 is 0 Å². The zero-order valence-corrected chi connectivity index (χ0v) is 15.7. The van der Waals surface area contributed by atoms with Gasteiger partial charge in [-0.25, -0.2) is 4.68 Å². The van der Waals surface area contributed by atoms with Gasteiger partial charge in [0.25, 0.3) is 0 Å². The summed E-state index contributed by atoms with van der Waals surface area (Å²) >= 11 is 14.1. The van der Waals surface area contributed by atoms with Crippen molar-refractivity contribution in [3.05, 3.63) is 51.1 Å². The van der Waals surface area contributed by atoms with Crippen LogP contribution >= 0.6 is 34.5 Å². The fourth-order valence-electron chi connectivity index (χ4n) is 2.73. The fraction of sp³-hybridized carbons (Fsp3) is 0.333. The smallest absolute Gasteiger partial charge is 0.206 e. The molecule has 1 aliphatic rings. The zero-order valence-electron chi connectivity index (χ0n) is 13.3. The second-order valence-corrected chi connectivity index (χ2v) is 7.38. The lowest BCUT2D eigenvalue weighted by molar-refractivity contribution is 0.655. The zero-order chi connectivity index (χ0) is 16.9. The van der Waals surface area contributed by atoms with Gasteiger partial charge in [-0.1, -0.05) is 35.7 Å². The highest BCUT2D eigenvalue weighted by Gasteiger charge is 2.14. The van der Waals surface area contributed by atoms with Crippen LogP contribution in [0.25, 0.3) is 11.3 Å². The molecule has 1 saturated carbocycles. The molecule has 1 fully saturated rings. The average Bonchev–Trinajstić information content (AvgIpc) is 2.98. The van der Waals surface area contributed by atoms with Crippen molar-refractivity contribution in [2.75, 3.05) is 6.54 Å². The lowest BCUT2D eigenvalue weighted by atomic mass is 9.99. The van der Waals surface area contributed by atoms with E-state index in [0.717, 1.165) is 28.9 Å². The van der Waals surface area contributed by atoms with E-state index in [-0.39, 0.29) is 0 Å². The summed E-state index contributed by atoms with van der Waals surface area (Å²) in [6.07, 6.45) is 7.57. The topological polar surface area (TPSA) is 29.6 Å². The van der Waals surface area contributed by atoms with Crippen LogP contribution in [-0.4, -0.2) is 16.9 Å². The minimum atomic E-state index is 0.564. The Kier molecular flexibility index (Phi) is 5.93. The summed E-state index contributed by atoms with van der Waals surface area (Å²) in [5.41, 5.74) is 3.02. The van der Waals surface area contributed by atoms with Gasteiger partial charge in [0.1, 0.15) is 0 Å². The maximum absolute atomic E-state index is 6.40. The van der Waals surface area contributed by atoms with Crippen LogP contribution in [0.4, 0.5) is 0 Å². The predicted octanol–water partition coefficient (Wildman–Crippen LogP) is 5.78. The molecule has 0 atom stereocenters. The molecule has 24 heavy (non-hydrogen) atoms. The predicted molar refractivity (Wildman–Crippen MR) is 104 cm³/mol. The van der Waals surface area contributed by atoms with Gasteiger partial charge in [0.15, 0.2) is 0 Å². The Morgan fingerprint density at radius 3 is 2.75 bits per heavy atom. The quantitative estimate of drug-likeness (QED) is 0.602. The summed E-state index contributed by atoms with van der Waals surface area (Å²) in [7, 11) is 0. The van der Waals surface area contributed by atoms with Gasteiger partial charge in [-0.2, -0.15) is 5.10 Å². The molecular formula is C18H19Cl2N3S. The number of rotatable bonds is 4. The van der Waals surface area contributed by atoms with Crippen molar-refractivity contribution in [2.45, 2.75) is 32.1 Å². The van der Waals surface area contributed by atoms with Crippen molar-refractivity contribution in [3.63, 3.8) is 0 Å². The van der Waals surface area contributed by atoms with Gasteiger partial charge < -0.3 is 0 Å². The Bertz CT molecular complexity index is 825. The van der Waals surface area contributed by atoms with Crippen LogP contribution in [0.5, 0.6) is 0 Å². The molecule has 0 amide bonds. The molecule has 6 heteroatoms. The molecule has 0 radical (unpaired) electrons. The third kappa shape index (κ3) is 4.00. The standard InChI is InChI=1S/C18H19Cl2N3S/c1-2-10-21-18-23(22-14-6-4-3-5-7-14)17(12-24-18)15-11-13(19)8-9-16(15)20/h2,8-9,11-12H,1,3-7,10H2. The largest absolute Gasteiger partial charge is 0.253 e. The average molecular weight is 380 g/mol. The lowest BCUT2D eigenvalue weighted by Crippen LogP contribution is -2.16. The van der Waals surface area contributed by atoms with E-state index in [1.54, 1.807) is 23.5 Å².